The van der Waals surface area contributed by atoms with Gasteiger partial charge in [0.2, 0.25) is 5.82 Å². The van der Waals surface area contributed by atoms with Crippen LogP contribution in [-0.2, 0) is 6.18 Å². The molecule has 1 aromatic heterocycles. The fourth-order valence-corrected chi connectivity index (χ4v) is 1.63. The van der Waals surface area contributed by atoms with Crippen LogP contribution in [0.15, 0.2) is 6.07 Å². The molecule has 2 rings (SSSR count). The highest BCUT2D eigenvalue weighted by Crippen LogP contribution is 2.34. The Morgan fingerprint density at radius 3 is 2.44 bits per heavy atom. The number of rotatable bonds is 4. The number of alkyl halides is 3. The summed E-state index contributed by atoms with van der Waals surface area (Å²) < 4.78 is 37.9. The Kier molecular flexibility index (Phi) is 3.32. The summed E-state index contributed by atoms with van der Waals surface area (Å²) in [6.45, 7) is 4.34. The van der Waals surface area contributed by atoms with E-state index in [2.05, 4.69) is 20.6 Å². The molecule has 1 aliphatic rings. The maximum atomic E-state index is 12.6. The highest BCUT2D eigenvalue weighted by Gasteiger charge is 2.37. The van der Waals surface area contributed by atoms with Crippen molar-refractivity contribution in [2.75, 3.05) is 17.2 Å². The third kappa shape index (κ3) is 3.02. The van der Waals surface area contributed by atoms with Crippen LogP contribution < -0.4 is 10.6 Å². The molecule has 7 heteroatoms. The average Bonchev–Trinajstić information content (AvgIpc) is 2.93. The molecule has 2 unspecified atom stereocenters. The normalized spacial score (nSPS) is 22.7. The van der Waals surface area contributed by atoms with Gasteiger partial charge in [-0.3, -0.25) is 0 Å². The van der Waals surface area contributed by atoms with Crippen molar-refractivity contribution in [1.82, 2.24) is 9.97 Å². The van der Waals surface area contributed by atoms with Crippen LogP contribution in [0.1, 0.15) is 26.1 Å². The molecular formula is C11H15F3N4. The van der Waals surface area contributed by atoms with Gasteiger partial charge in [-0.15, -0.1) is 0 Å². The summed E-state index contributed by atoms with van der Waals surface area (Å²) in [6.07, 6.45) is -3.57. The molecule has 1 aromatic rings. The highest BCUT2D eigenvalue weighted by atomic mass is 19.4. The van der Waals surface area contributed by atoms with Gasteiger partial charge in [-0.25, -0.2) is 9.97 Å². The van der Waals surface area contributed by atoms with Gasteiger partial charge in [0.25, 0.3) is 0 Å². The Hall–Kier alpha value is -1.53. The summed E-state index contributed by atoms with van der Waals surface area (Å²) in [6, 6.07) is 1.72. The van der Waals surface area contributed by atoms with Crippen molar-refractivity contribution in [3.8, 4) is 0 Å². The summed E-state index contributed by atoms with van der Waals surface area (Å²) in [5.41, 5.74) is 0. The Labute approximate surface area is 103 Å². The van der Waals surface area contributed by atoms with Crippen molar-refractivity contribution in [3.05, 3.63) is 11.9 Å². The van der Waals surface area contributed by atoms with E-state index in [1.807, 2.05) is 6.92 Å². The predicted octanol–water partition coefficient (Wildman–Crippen LogP) is 2.75. The summed E-state index contributed by atoms with van der Waals surface area (Å²) in [7, 11) is 0. The first-order chi connectivity index (χ1) is 8.40. The zero-order valence-corrected chi connectivity index (χ0v) is 10.2. The predicted molar refractivity (Wildman–Crippen MR) is 62.4 cm³/mol. The fraction of sp³-hybridized carbons (Fsp3) is 0.636. The molecule has 4 nitrogen and oxygen atoms in total. The van der Waals surface area contributed by atoms with Crippen LogP contribution in [0.2, 0.25) is 0 Å². The van der Waals surface area contributed by atoms with E-state index >= 15 is 0 Å². The standard InChI is InChI=1S/C11H15F3N4/c1-3-15-8-5-9(16-7-4-6(7)2)18-10(17-8)11(12,13)14/h5-7H,3-4H2,1-2H3,(H2,15,16,17,18). The second kappa shape index (κ2) is 4.62. The molecule has 1 aliphatic carbocycles. The first-order valence-corrected chi connectivity index (χ1v) is 5.87. The number of hydrogen-bond acceptors (Lipinski definition) is 4. The lowest BCUT2D eigenvalue weighted by Crippen LogP contribution is -2.16. The molecule has 0 radical (unpaired) electrons. The summed E-state index contributed by atoms with van der Waals surface area (Å²) in [4.78, 5) is 6.97. The molecule has 2 atom stereocenters. The highest BCUT2D eigenvalue weighted by molar-refractivity contribution is 5.49. The monoisotopic (exact) mass is 260 g/mol. The van der Waals surface area contributed by atoms with Gasteiger partial charge in [-0.2, -0.15) is 13.2 Å². The van der Waals surface area contributed by atoms with E-state index in [0.717, 1.165) is 6.42 Å². The molecule has 18 heavy (non-hydrogen) atoms. The molecule has 0 aromatic carbocycles. The number of nitrogens with one attached hydrogen (secondary N) is 2. The van der Waals surface area contributed by atoms with Gasteiger partial charge in [-0.1, -0.05) is 6.92 Å². The van der Waals surface area contributed by atoms with E-state index in [-0.39, 0.29) is 17.7 Å². The van der Waals surface area contributed by atoms with E-state index < -0.39 is 12.0 Å². The van der Waals surface area contributed by atoms with Gasteiger partial charge >= 0.3 is 6.18 Å². The number of halogens is 3. The molecule has 2 N–H and O–H groups in total. The smallest absolute Gasteiger partial charge is 0.370 e. The summed E-state index contributed by atoms with van der Waals surface area (Å²) in [5, 5.41) is 5.76. The second-order valence-electron chi connectivity index (χ2n) is 4.45. The van der Waals surface area contributed by atoms with E-state index in [1.54, 1.807) is 6.92 Å². The van der Waals surface area contributed by atoms with Crippen LogP contribution in [0, 0.1) is 5.92 Å². The average molecular weight is 260 g/mol. The molecule has 0 aliphatic heterocycles. The van der Waals surface area contributed by atoms with Crippen molar-refractivity contribution in [3.63, 3.8) is 0 Å². The van der Waals surface area contributed by atoms with E-state index in [4.69, 9.17) is 0 Å². The number of nitrogens with zero attached hydrogens (tertiary/aromatic N) is 2. The van der Waals surface area contributed by atoms with Gasteiger partial charge < -0.3 is 10.6 Å². The third-order valence-electron chi connectivity index (χ3n) is 2.78. The molecule has 1 heterocycles. The quantitative estimate of drug-likeness (QED) is 0.874. The van der Waals surface area contributed by atoms with Crippen molar-refractivity contribution in [2.24, 2.45) is 5.92 Å². The van der Waals surface area contributed by atoms with Crippen molar-refractivity contribution in [1.29, 1.82) is 0 Å². The van der Waals surface area contributed by atoms with Crippen molar-refractivity contribution < 1.29 is 13.2 Å². The van der Waals surface area contributed by atoms with Gasteiger partial charge in [0.15, 0.2) is 0 Å². The molecule has 0 saturated heterocycles. The molecular weight excluding hydrogens is 245 g/mol. The van der Waals surface area contributed by atoms with E-state index in [0.29, 0.717) is 12.5 Å². The van der Waals surface area contributed by atoms with Gasteiger partial charge in [0.05, 0.1) is 0 Å². The minimum Gasteiger partial charge on any atom is -0.370 e. The number of anilines is 2. The molecule has 0 bridgehead atoms. The minimum atomic E-state index is -4.53. The zero-order valence-electron chi connectivity index (χ0n) is 10.2. The van der Waals surface area contributed by atoms with Crippen LogP contribution in [-0.4, -0.2) is 22.6 Å². The molecule has 1 fully saturated rings. The maximum Gasteiger partial charge on any atom is 0.451 e. The maximum absolute atomic E-state index is 12.6. The molecule has 100 valence electrons. The minimum absolute atomic E-state index is 0.190. The van der Waals surface area contributed by atoms with Gasteiger partial charge in [0.1, 0.15) is 11.6 Å². The molecule has 0 amide bonds. The van der Waals surface area contributed by atoms with Crippen molar-refractivity contribution in [2.45, 2.75) is 32.5 Å². The Morgan fingerprint density at radius 1 is 1.33 bits per heavy atom. The number of aromatic nitrogens is 2. The van der Waals surface area contributed by atoms with Crippen LogP contribution in [0.25, 0.3) is 0 Å². The largest absolute Gasteiger partial charge is 0.451 e. The molecule has 0 spiro atoms. The van der Waals surface area contributed by atoms with Gasteiger partial charge in [0, 0.05) is 18.7 Å². The summed E-state index contributed by atoms with van der Waals surface area (Å²) in [5.74, 6) is -0.216. The SMILES string of the molecule is CCNc1cc(NC2CC2C)nc(C(F)(F)F)n1. The zero-order chi connectivity index (χ0) is 13.3. The lowest BCUT2D eigenvalue weighted by atomic mass is 10.4. The molecule has 1 saturated carbocycles. The first-order valence-electron chi connectivity index (χ1n) is 5.87. The first kappa shape index (κ1) is 12.9. The van der Waals surface area contributed by atoms with Crippen LogP contribution in [0.5, 0.6) is 0 Å². The lowest BCUT2D eigenvalue weighted by molar-refractivity contribution is -0.144. The second-order valence-corrected chi connectivity index (χ2v) is 4.45. The van der Waals surface area contributed by atoms with Crippen molar-refractivity contribution >= 4 is 11.6 Å². The van der Waals surface area contributed by atoms with E-state index in [9.17, 15) is 13.2 Å². The lowest BCUT2D eigenvalue weighted by Gasteiger charge is -2.11. The topological polar surface area (TPSA) is 49.8 Å². The van der Waals surface area contributed by atoms with Crippen LogP contribution in [0.4, 0.5) is 24.8 Å². The Bertz CT molecular complexity index is 433. The summed E-state index contributed by atoms with van der Waals surface area (Å²) >= 11 is 0. The Balaban J connectivity index is 2.24. The number of hydrogen-bond donors (Lipinski definition) is 2. The van der Waals surface area contributed by atoms with E-state index in [1.165, 1.54) is 6.07 Å². The van der Waals surface area contributed by atoms with Crippen LogP contribution in [0.3, 0.4) is 0 Å². The fourth-order valence-electron chi connectivity index (χ4n) is 1.63. The Morgan fingerprint density at radius 2 is 1.94 bits per heavy atom. The third-order valence-corrected chi connectivity index (χ3v) is 2.78. The van der Waals surface area contributed by atoms with Gasteiger partial charge in [-0.05, 0) is 19.3 Å². The van der Waals surface area contributed by atoms with Crippen LogP contribution >= 0.6 is 0 Å².